The van der Waals surface area contributed by atoms with E-state index in [0.29, 0.717) is 0 Å². The van der Waals surface area contributed by atoms with E-state index in [1.54, 1.807) is 10.9 Å². The second-order valence-corrected chi connectivity index (χ2v) is 5.27. The van der Waals surface area contributed by atoms with Gasteiger partial charge in [-0.05, 0) is 37.6 Å². The van der Waals surface area contributed by atoms with Crippen LogP contribution in [0, 0.1) is 13.8 Å². The molecule has 1 heterocycles. The van der Waals surface area contributed by atoms with Gasteiger partial charge in [0.05, 0.1) is 17.9 Å². The Morgan fingerprint density at radius 1 is 1.28 bits per heavy atom. The summed E-state index contributed by atoms with van der Waals surface area (Å²) in [7, 11) is 3.86. The Balaban J connectivity index is 2.49. The Morgan fingerprint density at radius 3 is 2.33 bits per heavy atom. The lowest BCUT2D eigenvalue weighted by Crippen LogP contribution is -2.20. The van der Waals surface area contributed by atoms with E-state index in [4.69, 9.17) is 0 Å². The molecule has 0 spiro atoms. The number of nitrogens with zero attached hydrogens (tertiary/aromatic N) is 3. The van der Waals surface area contributed by atoms with Crippen LogP contribution in [-0.2, 0) is 7.05 Å². The van der Waals surface area contributed by atoms with Crippen LogP contribution in [-0.4, -0.2) is 22.0 Å². The topological polar surface area (TPSA) is 42.7 Å². The molecular weight excluding hydrogens is 292 g/mol. The maximum Gasteiger partial charge on any atom is 0.0798 e. The predicted molar refractivity (Wildman–Crippen MR) is 75.5 cm³/mol. The zero-order valence-electron chi connectivity index (χ0n) is 11.0. The van der Waals surface area contributed by atoms with E-state index in [1.807, 2.05) is 14.1 Å². The van der Waals surface area contributed by atoms with Crippen LogP contribution in [0.2, 0.25) is 0 Å². The molecule has 4 nitrogen and oxygen atoms in total. The summed E-state index contributed by atoms with van der Waals surface area (Å²) in [5.41, 5.74) is 4.75. The fraction of sp³-hybridized carbons (Fsp3) is 0.385. The molecule has 0 fully saturated rings. The lowest BCUT2D eigenvalue weighted by Gasteiger charge is -2.18. The summed E-state index contributed by atoms with van der Waals surface area (Å²) in [6.07, 6.45) is 1.80. The Labute approximate surface area is 116 Å². The molecule has 0 aliphatic heterocycles. The van der Waals surface area contributed by atoms with E-state index >= 15 is 0 Å². The largest absolute Gasteiger partial charge is 0.308 e. The van der Waals surface area contributed by atoms with Crippen molar-refractivity contribution in [1.82, 2.24) is 20.3 Å². The molecule has 0 radical (unpaired) electrons. The molecule has 2 aromatic rings. The molecule has 5 heteroatoms. The van der Waals surface area contributed by atoms with Gasteiger partial charge in [-0.1, -0.05) is 33.3 Å². The van der Waals surface area contributed by atoms with Crippen molar-refractivity contribution < 1.29 is 0 Å². The Morgan fingerprint density at radius 2 is 1.89 bits per heavy atom. The highest BCUT2D eigenvalue weighted by Gasteiger charge is 2.17. The van der Waals surface area contributed by atoms with Crippen molar-refractivity contribution in [2.24, 2.45) is 7.05 Å². The molecule has 0 saturated carbocycles. The number of halogens is 1. The van der Waals surface area contributed by atoms with Crippen LogP contribution in [0.4, 0.5) is 0 Å². The van der Waals surface area contributed by atoms with Gasteiger partial charge in [-0.3, -0.25) is 4.68 Å². The molecule has 0 saturated heterocycles. The molecule has 0 amide bonds. The third-order valence-electron chi connectivity index (χ3n) is 3.13. The highest BCUT2D eigenvalue weighted by atomic mass is 79.9. The quantitative estimate of drug-likeness (QED) is 0.947. The number of hydrogen-bond acceptors (Lipinski definition) is 3. The van der Waals surface area contributed by atoms with Crippen molar-refractivity contribution in [3.63, 3.8) is 0 Å². The van der Waals surface area contributed by atoms with Gasteiger partial charge in [-0.25, -0.2) is 0 Å². The summed E-state index contributed by atoms with van der Waals surface area (Å²) in [4.78, 5) is 0. The Kier molecular flexibility index (Phi) is 3.82. The van der Waals surface area contributed by atoms with Crippen molar-refractivity contribution in [2.45, 2.75) is 19.9 Å². The SMILES string of the molecule is CNC(c1cc(C)c(Br)c(C)c1)c1cnnn1C. The van der Waals surface area contributed by atoms with Gasteiger partial charge in [0.1, 0.15) is 0 Å². The minimum atomic E-state index is 0.107. The van der Waals surface area contributed by atoms with E-state index in [-0.39, 0.29) is 6.04 Å². The van der Waals surface area contributed by atoms with Gasteiger partial charge in [-0.15, -0.1) is 5.10 Å². The van der Waals surface area contributed by atoms with Crippen molar-refractivity contribution in [3.05, 3.63) is 45.2 Å². The van der Waals surface area contributed by atoms with E-state index < -0.39 is 0 Å². The summed E-state index contributed by atoms with van der Waals surface area (Å²) < 4.78 is 2.97. The van der Waals surface area contributed by atoms with Crippen molar-refractivity contribution in [3.8, 4) is 0 Å². The predicted octanol–water partition coefficient (Wildman–Crippen LogP) is 2.50. The summed E-state index contributed by atoms with van der Waals surface area (Å²) >= 11 is 3.60. The first-order valence-corrected chi connectivity index (χ1v) is 6.62. The van der Waals surface area contributed by atoms with Crippen LogP contribution in [0.25, 0.3) is 0 Å². The van der Waals surface area contributed by atoms with Gasteiger partial charge in [-0.2, -0.15) is 0 Å². The number of nitrogens with one attached hydrogen (secondary N) is 1. The molecule has 1 atom stereocenters. The highest BCUT2D eigenvalue weighted by molar-refractivity contribution is 9.10. The molecule has 0 bridgehead atoms. The summed E-state index contributed by atoms with van der Waals surface area (Å²) in [5, 5.41) is 11.3. The Bertz CT molecular complexity index is 539. The van der Waals surface area contributed by atoms with Crippen molar-refractivity contribution >= 4 is 15.9 Å². The van der Waals surface area contributed by atoms with Gasteiger partial charge >= 0.3 is 0 Å². The van der Waals surface area contributed by atoms with Crippen LogP contribution in [0.15, 0.2) is 22.8 Å². The van der Waals surface area contributed by atoms with Gasteiger partial charge in [0.2, 0.25) is 0 Å². The fourth-order valence-corrected chi connectivity index (χ4v) is 2.42. The minimum Gasteiger partial charge on any atom is -0.308 e. The molecule has 1 aromatic heterocycles. The smallest absolute Gasteiger partial charge is 0.0798 e. The fourth-order valence-electron chi connectivity index (χ4n) is 2.19. The molecule has 1 N–H and O–H groups in total. The Hall–Kier alpha value is -1.20. The zero-order chi connectivity index (χ0) is 13.3. The lowest BCUT2D eigenvalue weighted by molar-refractivity contribution is 0.597. The van der Waals surface area contributed by atoms with Crippen LogP contribution >= 0.6 is 15.9 Å². The molecule has 96 valence electrons. The average molecular weight is 309 g/mol. The zero-order valence-corrected chi connectivity index (χ0v) is 12.6. The first kappa shape index (κ1) is 13.2. The van der Waals surface area contributed by atoms with E-state index in [9.17, 15) is 0 Å². The van der Waals surface area contributed by atoms with Gasteiger partial charge in [0.25, 0.3) is 0 Å². The average Bonchev–Trinajstić information content (AvgIpc) is 2.74. The van der Waals surface area contributed by atoms with Crippen LogP contribution in [0.3, 0.4) is 0 Å². The summed E-state index contributed by atoms with van der Waals surface area (Å²) in [6, 6.07) is 4.48. The van der Waals surface area contributed by atoms with Gasteiger partial charge in [0.15, 0.2) is 0 Å². The number of hydrogen-bond donors (Lipinski definition) is 1. The van der Waals surface area contributed by atoms with E-state index in [1.165, 1.54) is 21.2 Å². The lowest BCUT2D eigenvalue weighted by atomic mass is 9.99. The first-order valence-electron chi connectivity index (χ1n) is 5.83. The molecule has 2 rings (SSSR count). The molecule has 1 unspecified atom stereocenters. The highest BCUT2D eigenvalue weighted by Crippen LogP contribution is 2.28. The monoisotopic (exact) mass is 308 g/mol. The van der Waals surface area contributed by atoms with Crippen LogP contribution in [0.1, 0.15) is 28.4 Å². The molecule has 0 aliphatic carbocycles. The third-order valence-corrected chi connectivity index (χ3v) is 4.38. The standard InChI is InChI=1S/C13H17BrN4/c1-8-5-10(6-9(2)12(8)14)13(15-3)11-7-16-17-18(11)4/h5-7,13,15H,1-4H3. The molecule has 18 heavy (non-hydrogen) atoms. The summed E-state index contributed by atoms with van der Waals surface area (Å²) in [6.45, 7) is 4.21. The normalized spacial score (nSPS) is 12.7. The number of rotatable bonds is 3. The maximum absolute atomic E-state index is 3.99. The molecular formula is C13H17BrN4. The number of aromatic nitrogens is 3. The second kappa shape index (κ2) is 5.20. The maximum atomic E-state index is 3.99. The van der Waals surface area contributed by atoms with E-state index in [2.05, 4.69) is 57.5 Å². The first-order chi connectivity index (χ1) is 8.54. The van der Waals surface area contributed by atoms with Gasteiger partial charge < -0.3 is 5.32 Å². The molecule has 1 aromatic carbocycles. The van der Waals surface area contributed by atoms with Crippen LogP contribution in [0.5, 0.6) is 0 Å². The number of benzene rings is 1. The van der Waals surface area contributed by atoms with Crippen molar-refractivity contribution in [2.75, 3.05) is 7.05 Å². The van der Waals surface area contributed by atoms with Crippen LogP contribution < -0.4 is 5.32 Å². The minimum absolute atomic E-state index is 0.107. The second-order valence-electron chi connectivity index (χ2n) is 4.47. The van der Waals surface area contributed by atoms with Crippen molar-refractivity contribution in [1.29, 1.82) is 0 Å². The number of aryl methyl sites for hydroxylation is 3. The summed E-state index contributed by atoms with van der Waals surface area (Å²) in [5.74, 6) is 0. The van der Waals surface area contributed by atoms with E-state index in [0.717, 1.165) is 5.69 Å². The molecule has 0 aliphatic rings. The van der Waals surface area contributed by atoms with Gasteiger partial charge in [0, 0.05) is 11.5 Å². The third kappa shape index (κ3) is 2.33.